The molecule has 0 spiro atoms. The smallest absolute Gasteiger partial charge is 0.220 e. The Morgan fingerprint density at radius 1 is 1.11 bits per heavy atom. The minimum atomic E-state index is 0.0525. The molecular weight excluding hydrogens is 338 g/mol. The minimum absolute atomic E-state index is 0.0525. The fourth-order valence-electron chi connectivity index (χ4n) is 3.07. The number of nitrogens with one attached hydrogen (secondary N) is 1. The third kappa shape index (κ3) is 5.33. The van der Waals surface area contributed by atoms with E-state index < -0.39 is 0 Å². The van der Waals surface area contributed by atoms with Gasteiger partial charge in [-0.05, 0) is 45.4 Å². The number of furan rings is 1. The van der Waals surface area contributed by atoms with Crippen molar-refractivity contribution >= 4 is 5.91 Å². The molecule has 1 aromatic carbocycles. The Hall–Kier alpha value is -2.82. The van der Waals surface area contributed by atoms with Gasteiger partial charge in [0, 0.05) is 37.2 Å². The van der Waals surface area contributed by atoms with Gasteiger partial charge in [0.25, 0.3) is 0 Å². The number of aryl methyl sites for hydroxylation is 5. The molecule has 0 bridgehead atoms. The predicted molar refractivity (Wildman–Crippen MR) is 107 cm³/mol. The second-order valence-corrected chi connectivity index (χ2v) is 6.99. The van der Waals surface area contributed by atoms with Gasteiger partial charge in [0.2, 0.25) is 5.91 Å². The van der Waals surface area contributed by atoms with Gasteiger partial charge in [-0.2, -0.15) is 5.10 Å². The average molecular weight is 365 g/mol. The lowest BCUT2D eigenvalue weighted by atomic mass is 10.1. The maximum atomic E-state index is 12.0. The van der Waals surface area contributed by atoms with Gasteiger partial charge in [0.05, 0.1) is 5.69 Å². The van der Waals surface area contributed by atoms with E-state index in [1.165, 1.54) is 5.56 Å². The van der Waals surface area contributed by atoms with Crippen LogP contribution in [0, 0.1) is 20.8 Å². The van der Waals surface area contributed by atoms with E-state index >= 15 is 0 Å². The molecule has 1 amide bonds. The summed E-state index contributed by atoms with van der Waals surface area (Å²) in [6.45, 7) is 7.58. The van der Waals surface area contributed by atoms with Crippen LogP contribution in [0.25, 0.3) is 11.3 Å². The summed E-state index contributed by atoms with van der Waals surface area (Å²) in [5.41, 5.74) is 4.46. The zero-order chi connectivity index (χ0) is 19.2. The molecule has 3 aromatic rings. The highest BCUT2D eigenvalue weighted by molar-refractivity contribution is 5.76. The first-order chi connectivity index (χ1) is 13.0. The molecule has 27 heavy (non-hydrogen) atoms. The zero-order valence-electron chi connectivity index (χ0n) is 16.3. The van der Waals surface area contributed by atoms with Crippen LogP contribution in [0.4, 0.5) is 0 Å². The summed E-state index contributed by atoms with van der Waals surface area (Å²) in [6, 6.07) is 14.2. The first-order valence-corrected chi connectivity index (χ1v) is 9.45. The van der Waals surface area contributed by atoms with E-state index in [1.54, 1.807) is 0 Å². The number of aromatic nitrogens is 2. The molecule has 0 atom stereocenters. The average Bonchev–Trinajstić information content (AvgIpc) is 3.24. The summed E-state index contributed by atoms with van der Waals surface area (Å²) in [5, 5.41) is 7.40. The summed E-state index contributed by atoms with van der Waals surface area (Å²) in [5.74, 6) is 1.73. The number of hydrogen-bond acceptors (Lipinski definition) is 3. The Morgan fingerprint density at radius 3 is 2.59 bits per heavy atom. The van der Waals surface area contributed by atoms with E-state index in [1.807, 2.05) is 42.8 Å². The molecule has 0 aliphatic heterocycles. The van der Waals surface area contributed by atoms with Crippen molar-refractivity contribution in [3.8, 4) is 11.3 Å². The summed E-state index contributed by atoms with van der Waals surface area (Å²) in [4.78, 5) is 12.0. The van der Waals surface area contributed by atoms with Crippen molar-refractivity contribution in [1.82, 2.24) is 15.1 Å². The van der Waals surface area contributed by atoms with E-state index in [9.17, 15) is 4.79 Å². The van der Waals surface area contributed by atoms with Crippen LogP contribution < -0.4 is 5.32 Å². The van der Waals surface area contributed by atoms with Crippen molar-refractivity contribution in [3.05, 3.63) is 65.2 Å². The number of carbonyl (C=O) groups excluding carboxylic acids is 1. The lowest BCUT2D eigenvalue weighted by Crippen LogP contribution is -2.25. The summed E-state index contributed by atoms with van der Waals surface area (Å²) < 4.78 is 7.85. The van der Waals surface area contributed by atoms with Crippen LogP contribution in [-0.4, -0.2) is 22.2 Å². The molecule has 1 N–H and O–H groups in total. The van der Waals surface area contributed by atoms with Gasteiger partial charge in [-0.3, -0.25) is 9.48 Å². The van der Waals surface area contributed by atoms with Crippen molar-refractivity contribution in [2.45, 2.75) is 46.6 Å². The molecule has 0 unspecified atom stereocenters. The third-order valence-corrected chi connectivity index (χ3v) is 4.57. The lowest BCUT2D eigenvalue weighted by Gasteiger charge is -2.06. The zero-order valence-corrected chi connectivity index (χ0v) is 16.3. The number of rotatable bonds is 8. The summed E-state index contributed by atoms with van der Waals surface area (Å²) in [6.07, 6.45) is 1.90. The maximum absolute atomic E-state index is 12.0. The summed E-state index contributed by atoms with van der Waals surface area (Å²) >= 11 is 0. The van der Waals surface area contributed by atoms with Crippen LogP contribution in [0.2, 0.25) is 0 Å². The van der Waals surface area contributed by atoms with Crippen LogP contribution in [0.15, 0.2) is 46.9 Å². The third-order valence-electron chi connectivity index (χ3n) is 4.57. The van der Waals surface area contributed by atoms with Gasteiger partial charge >= 0.3 is 0 Å². The number of benzene rings is 1. The fourth-order valence-corrected chi connectivity index (χ4v) is 3.07. The van der Waals surface area contributed by atoms with E-state index in [2.05, 4.69) is 35.5 Å². The molecule has 0 saturated carbocycles. The van der Waals surface area contributed by atoms with Crippen molar-refractivity contribution in [2.24, 2.45) is 0 Å². The molecule has 0 aliphatic carbocycles. The van der Waals surface area contributed by atoms with Gasteiger partial charge in [-0.15, -0.1) is 0 Å². The highest BCUT2D eigenvalue weighted by Crippen LogP contribution is 2.23. The van der Waals surface area contributed by atoms with Gasteiger partial charge < -0.3 is 9.73 Å². The Bertz CT molecular complexity index is 891. The number of nitrogens with zero attached hydrogens (tertiary/aromatic N) is 2. The predicted octanol–water partition coefficient (Wildman–Crippen LogP) is 4.21. The summed E-state index contributed by atoms with van der Waals surface area (Å²) in [7, 11) is 0. The number of hydrogen-bond donors (Lipinski definition) is 1. The van der Waals surface area contributed by atoms with Crippen LogP contribution in [0.3, 0.4) is 0 Å². The second kappa shape index (κ2) is 8.71. The van der Waals surface area contributed by atoms with Gasteiger partial charge in [0.1, 0.15) is 11.5 Å². The molecule has 5 heteroatoms. The molecule has 2 heterocycles. The standard InChI is InChI=1S/C22H27N3O2/c1-16-5-7-19(8-6-16)21-11-9-20(27-21)10-12-22(26)23-13-4-14-25-18(3)15-17(2)24-25/h5-9,11,15H,4,10,12-14H2,1-3H3,(H,23,26). The molecule has 3 rings (SSSR count). The van der Waals surface area contributed by atoms with Crippen LogP contribution in [0.1, 0.15) is 35.6 Å². The largest absolute Gasteiger partial charge is 0.461 e. The molecule has 0 aliphatic rings. The van der Waals surface area contributed by atoms with Crippen molar-refractivity contribution in [3.63, 3.8) is 0 Å². The van der Waals surface area contributed by atoms with Gasteiger partial charge in [-0.25, -0.2) is 0 Å². The van der Waals surface area contributed by atoms with Crippen LogP contribution in [0.5, 0.6) is 0 Å². The van der Waals surface area contributed by atoms with Crippen molar-refractivity contribution in [2.75, 3.05) is 6.54 Å². The van der Waals surface area contributed by atoms with Crippen LogP contribution >= 0.6 is 0 Å². The normalized spacial score (nSPS) is 10.9. The highest BCUT2D eigenvalue weighted by Gasteiger charge is 2.08. The number of carbonyl (C=O) groups is 1. The molecule has 0 saturated heterocycles. The van der Waals surface area contributed by atoms with Crippen LogP contribution in [-0.2, 0) is 17.8 Å². The molecule has 2 aromatic heterocycles. The monoisotopic (exact) mass is 365 g/mol. The Balaban J connectivity index is 1.39. The SMILES string of the molecule is Cc1ccc(-c2ccc(CCC(=O)NCCCn3nc(C)cc3C)o2)cc1. The molecule has 0 radical (unpaired) electrons. The minimum Gasteiger partial charge on any atom is -0.461 e. The Kier molecular flexibility index (Phi) is 6.12. The Morgan fingerprint density at radius 2 is 1.89 bits per heavy atom. The topological polar surface area (TPSA) is 60.1 Å². The lowest BCUT2D eigenvalue weighted by molar-refractivity contribution is -0.121. The second-order valence-electron chi connectivity index (χ2n) is 6.99. The first kappa shape index (κ1) is 19.0. The Labute approximate surface area is 160 Å². The van der Waals surface area contributed by atoms with E-state index in [4.69, 9.17) is 4.42 Å². The first-order valence-electron chi connectivity index (χ1n) is 9.45. The van der Waals surface area contributed by atoms with Gasteiger partial charge in [-0.1, -0.05) is 29.8 Å². The highest BCUT2D eigenvalue weighted by atomic mass is 16.3. The molecular formula is C22H27N3O2. The van der Waals surface area contributed by atoms with Crippen molar-refractivity contribution in [1.29, 1.82) is 0 Å². The maximum Gasteiger partial charge on any atom is 0.220 e. The van der Waals surface area contributed by atoms with E-state index in [0.717, 1.165) is 41.4 Å². The molecule has 0 fully saturated rings. The van der Waals surface area contributed by atoms with Crippen molar-refractivity contribution < 1.29 is 9.21 Å². The van der Waals surface area contributed by atoms with E-state index in [-0.39, 0.29) is 5.91 Å². The quantitative estimate of drug-likeness (QED) is 0.608. The fraction of sp³-hybridized carbons (Fsp3) is 0.364. The number of amides is 1. The van der Waals surface area contributed by atoms with E-state index in [0.29, 0.717) is 19.4 Å². The molecule has 142 valence electrons. The molecule has 5 nitrogen and oxygen atoms in total. The van der Waals surface area contributed by atoms with Gasteiger partial charge in [0.15, 0.2) is 0 Å².